The minimum atomic E-state index is 0.232. The molecule has 1 saturated carbocycles. The van der Waals surface area contributed by atoms with Crippen LogP contribution in [0.5, 0.6) is 0 Å². The Morgan fingerprint density at radius 3 is 2.38 bits per heavy atom. The zero-order valence-corrected chi connectivity index (χ0v) is 8.97. The van der Waals surface area contributed by atoms with Crippen LogP contribution >= 0.6 is 0 Å². The summed E-state index contributed by atoms with van der Waals surface area (Å²) >= 11 is 0. The van der Waals surface area contributed by atoms with Gasteiger partial charge in [0.1, 0.15) is 5.78 Å². The van der Waals surface area contributed by atoms with Crippen molar-refractivity contribution >= 4 is 5.78 Å². The smallest absolute Gasteiger partial charge is 0.140 e. The number of rotatable bonds is 5. The minimum absolute atomic E-state index is 0.232. The molecule has 0 amide bonds. The lowest BCUT2D eigenvalue weighted by Crippen LogP contribution is -2.36. The number of Topliss-reactive ketones (excluding diaryl/α,β-unsaturated/α-hetero) is 1. The minimum Gasteiger partial charge on any atom is -0.319 e. The van der Waals surface area contributed by atoms with Gasteiger partial charge in [-0.1, -0.05) is 20.3 Å². The van der Waals surface area contributed by atoms with Crippen LogP contribution in [0.2, 0.25) is 0 Å². The van der Waals surface area contributed by atoms with E-state index in [2.05, 4.69) is 19.2 Å². The average Bonchev–Trinajstić information content (AvgIpc) is 1.95. The normalized spacial score (nSPS) is 20.0. The van der Waals surface area contributed by atoms with Gasteiger partial charge in [0.15, 0.2) is 0 Å². The molecule has 1 N–H and O–H groups in total. The van der Waals surface area contributed by atoms with E-state index in [1.54, 1.807) is 0 Å². The molecule has 13 heavy (non-hydrogen) atoms. The van der Waals surface area contributed by atoms with Gasteiger partial charge in [0.2, 0.25) is 0 Å². The molecule has 0 spiro atoms. The molecule has 0 aromatic carbocycles. The second kappa shape index (κ2) is 4.75. The molecule has 1 atom stereocenters. The maximum absolute atomic E-state index is 11.9. The number of carbonyl (C=O) groups is 1. The van der Waals surface area contributed by atoms with E-state index < -0.39 is 0 Å². The first-order valence-corrected chi connectivity index (χ1v) is 5.35. The molecule has 2 nitrogen and oxygen atoms in total. The summed E-state index contributed by atoms with van der Waals surface area (Å²) in [5, 5.41) is 3.11. The molecular weight excluding hydrogens is 162 g/mol. The molecule has 0 heterocycles. The molecule has 1 fully saturated rings. The third-order valence-electron chi connectivity index (χ3n) is 3.10. The average molecular weight is 183 g/mol. The summed E-state index contributed by atoms with van der Waals surface area (Å²) in [5.74, 6) is 1.59. The maximum Gasteiger partial charge on any atom is 0.140 e. The Bertz CT molecular complexity index is 173. The van der Waals surface area contributed by atoms with E-state index in [1.807, 2.05) is 7.05 Å². The predicted molar refractivity (Wildman–Crippen MR) is 54.6 cm³/mol. The lowest BCUT2D eigenvalue weighted by atomic mass is 9.75. The van der Waals surface area contributed by atoms with Crippen LogP contribution in [0.3, 0.4) is 0 Å². The molecule has 1 unspecified atom stereocenters. The Balaban J connectivity index is 2.47. The van der Waals surface area contributed by atoms with Gasteiger partial charge in [0, 0.05) is 18.4 Å². The Labute approximate surface area is 81.1 Å². The van der Waals surface area contributed by atoms with Crippen LogP contribution in [-0.4, -0.2) is 19.4 Å². The maximum atomic E-state index is 11.9. The zero-order valence-electron chi connectivity index (χ0n) is 8.97. The highest BCUT2D eigenvalue weighted by atomic mass is 16.1. The van der Waals surface area contributed by atoms with Crippen molar-refractivity contribution in [2.45, 2.75) is 33.1 Å². The molecule has 0 aliphatic heterocycles. The highest BCUT2D eigenvalue weighted by molar-refractivity contribution is 5.84. The highest BCUT2D eigenvalue weighted by Gasteiger charge is 2.32. The van der Waals surface area contributed by atoms with Crippen molar-refractivity contribution in [2.75, 3.05) is 13.6 Å². The summed E-state index contributed by atoms with van der Waals surface area (Å²) in [7, 11) is 1.92. The fraction of sp³-hybridized carbons (Fsp3) is 0.909. The van der Waals surface area contributed by atoms with Gasteiger partial charge in [-0.15, -0.1) is 0 Å². The van der Waals surface area contributed by atoms with Crippen molar-refractivity contribution in [3.63, 3.8) is 0 Å². The Morgan fingerprint density at radius 1 is 1.46 bits per heavy atom. The first kappa shape index (κ1) is 10.7. The molecule has 0 radical (unpaired) electrons. The summed E-state index contributed by atoms with van der Waals surface area (Å²) in [6, 6.07) is 0. The molecule has 1 aliphatic rings. The number of carbonyl (C=O) groups excluding carboxylic acids is 1. The van der Waals surface area contributed by atoms with E-state index >= 15 is 0 Å². The van der Waals surface area contributed by atoms with Crippen LogP contribution in [0.4, 0.5) is 0 Å². The van der Waals surface area contributed by atoms with Gasteiger partial charge in [-0.3, -0.25) is 4.79 Å². The van der Waals surface area contributed by atoms with E-state index in [-0.39, 0.29) is 5.92 Å². The SMILES string of the molecule is CNCC(C(=O)C1CCC1)C(C)C. The molecule has 1 rings (SSSR count). The lowest BCUT2D eigenvalue weighted by Gasteiger charge is -2.30. The van der Waals surface area contributed by atoms with Crippen molar-refractivity contribution in [1.82, 2.24) is 5.32 Å². The zero-order chi connectivity index (χ0) is 9.84. The van der Waals surface area contributed by atoms with Gasteiger partial charge in [-0.2, -0.15) is 0 Å². The summed E-state index contributed by atoms with van der Waals surface area (Å²) in [6.07, 6.45) is 3.51. The second-order valence-electron chi connectivity index (χ2n) is 4.44. The van der Waals surface area contributed by atoms with Gasteiger partial charge in [0.25, 0.3) is 0 Å². The van der Waals surface area contributed by atoms with Crippen molar-refractivity contribution < 1.29 is 4.79 Å². The Hall–Kier alpha value is -0.370. The van der Waals surface area contributed by atoms with Crippen molar-refractivity contribution in [1.29, 1.82) is 0 Å². The molecule has 0 saturated heterocycles. The fourth-order valence-corrected chi connectivity index (χ4v) is 1.88. The molecular formula is C11H21NO. The Morgan fingerprint density at radius 2 is 2.08 bits per heavy atom. The lowest BCUT2D eigenvalue weighted by molar-refractivity contribution is -0.130. The van der Waals surface area contributed by atoms with Crippen LogP contribution in [0.1, 0.15) is 33.1 Å². The molecule has 0 bridgehead atoms. The van der Waals surface area contributed by atoms with E-state index in [1.165, 1.54) is 6.42 Å². The summed E-state index contributed by atoms with van der Waals surface area (Å²) in [5.41, 5.74) is 0. The third-order valence-corrected chi connectivity index (χ3v) is 3.10. The van der Waals surface area contributed by atoms with Crippen LogP contribution < -0.4 is 5.32 Å². The van der Waals surface area contributed by atoms with Crippen molar-refractivity contribution in [2.24, 2.45) is 17.8 Å². The topological polar surface area (TPSA) is 29.1 Å². The standard InChI is InChI=1S/C11H21NO/c1-8(2)10(7-12-3)11(13)9-5-4-6-9/h8-10,12H,4-7H2,1-3H3. The molecule has 76 valence electrons. The quantitative estimate of drug-likeness (QED) is 0.704. The Kier molecular flexibility index (Phi) is 3.91. The van der Waals surface area contributed by atoms with Crippen LogP contribution in [0.15, 0.2) is 0 Å². The third kappa shape index (κ3) is 2.53. The molecule has 2 heteroatoms. The number of nitrogens with one attached hydrogen (secondary N) is 1. The monoisotopic (exact) mass is 183 g/mol. The second-order valence-corrected chi connectivity index (χ2v) is 4.44. The fourth-order valence-electron chi connectivity index (χ4n) is 1.88. The molecule has 1 aliphatic carbocycles. The predicted octanol–water partition coefficient (Wildman–Crippen LogP) is 1.85. The summed E-state index contributed by atoms with van der Waals surface area (Å²) in [6.45, 7) is 5.12. The number of hydrogen-bond donors (Lipinski definition) is 1. The van der Waals surface area contributed by atoms with E-state index in [9.17, 15) is 4.79 Å². The van der Waals surface area contributed by atoms with Gasteiger partial charge < -0.3 is 5.32 Å². The van der Waals surface area contributed by atoms with Gasteiger partial charge in [-0.05, 0) is 25.8 Å². The molecule has 0 aromatic rings. The van der Waals surface area contributed by atoms with E-state index in [0.29, 0.717) is 17.6 Å². The van der Waals surface area contributed by atoms with Crippen molar-refractivity contribution in [3.8, 4) is 0 Å². The van der Waals surface area contributed by atoms with E-state index in [4.69, 9.17) is 0 Å². The van der Waals surface area contributed by atoms with Crippen LogP contribution in [0, 0.1) is 17.8 Å². The van der Waals surface area contributed by atoms with Crippen LogP contribution in [-0.2, 0) is 4.79 Å². The van der Waals surface area contributed by atoms with Gasteiger partial charge in [-0.25, -0.2) is 0 Å². The largest absolute Gasteiger partial charge is 0.319 e. The molecule has 0 aromatic heterocycles. The summed E-state index contributed by atoms with van der Waals surface area (Å²) in [4.78, 5) is 11.9. The number of hydrogen-bond acceptors (Lipinski definition) is 2. The number of ketones is 1. The first-order chi connectivity index (χ1) is 6.16. The van der Waals surface area contributed by atoms with Crippen molar-refractivity contribution in [3.05, 3.63) is 0 Å². The first-order valence-electron chi connectivity index (χ1n) is 5.35. The summed E-state index contributed by atoms with van der Waals surface area (Å²) < 4.78 is 0. The van der Waals surface area contributed by atoms with Crippen LogP contribution in [0.25, 0.3) is 0 Å². The van der Waals surface area contributed by atoms with Gasteiger partial charge in [0.05, 0.1) is 0 Å². The highest BCUT2D eigenvalue weighted by Crippen LogP contribution is 2.31. The van der Waals surface area contributed by atoms with E-state index in [0.717, 1.165) is 19.4 Å². The van der Waals surface area contributed by atoms with Gasteiger partial charge >= 0.3 is 0 Å².